The van der Waals surface area contributed by atoms with E-state index in [-0.39, 0.29) is 11.1 Å². The van der Waals surface area contributed by atoms with Crippen LogP contribution in [0.3, 0.4) is 0 Å². The Bertz CT molecular complexity index is 342. The first kappa shape index (κ1) is 12.9. The van der Waals surface area contributed by atoms with Gasteiger partial charge in [-0.25, -0.2) is 14.7 Å². The fraction of sp³-hybridized carbons (Fsp3) is 0.0909. The van der Waals surface area contributed by atoms with Gasteiger partial charge in [0.2, 0.25) is 0 Å². The highest BCUT2D eigenvalue weighted by atomic mass is 16.4. The van der Waals surface area contributed by atoms with Crippen molar-refractivity contribution in [3.8, 4) is 0 Å². The second-order valence-electron chi connectivity index (χ2n) is 2.74. The molecule has 0 aromatic heterocycles. The standard InChI is InChI=1S/C7H5O2.C4H6O2/c8-7(9)6-4-2-1-3-5-6;1-3(2)4(5)6/h1-5H;1H2,2H3,(H,5,6). The molecule has 0 unspecified atom stereocenters. The summed E-state index contributed by atoms with van der Waals surface area (Å²) in [6.45, 7) is 4.60. The Hall–Kier alpha value is -2.10. The molecule has 0 fully saturated rings. The molecule has 1 rings (SSSR count). The quantitative estimate of drug-likeness (QED) is 0.752. The van der Waals surface area contributed by atoms with E-state index in [2.05, 4.69) is 6.58 Å². The molecule has 1 N–H and O–H groups in total. The van der Waals surface area contributed by atoms with Gasteiger partial charge < -0.3 is 5.11 Å². The molecule has 79 valence electrons. The number of carbonyl (C=O) groups excluding carboxylic acids is 1. The molecule has 0 aliphatic rings. The van der Waals surface area contributed by atoms with E-state index in [1.165, 1.54) is 19.1 Å². The van der Waals surface area contributed by atoms with Crippen LogP contribution in [-0.2, 0) is 9.90 Å². The Labute approximate surface area is 87.5 Å². The Kier molecular flexibility index (Phi) is 5.48. The largest absolute Gasteiger partial charge is 0.478 e. The summed E-state index contributed by atoms with van der Waals surface area (Å²) in [7, 11) is 0. The smallest absolute Gasteiger partial charge is 0.386 e. The fourth-order valence-electron chi connectivity index (χ4n) is 0.574. The van der Waals surface area contributed by atoms with Crippen LogP contribution in [-0.4, -0.2) is 17.0 Å². The molecule has 0 atom stereocenters. The highest BCUT2D eigenvalue weighted by molar-refractivity contribution is 5.87. The Balaban J connectivity index is 0.000000288. The maximum Gasteiger partial charge on any atom is 0.386 e. The number of aliphatic carboxylic acids is 1. The van der Waals surface area contributed by atoms with Gasteiger partial charge in [-0.2, -0.15) is 0 Å². The number of hydrogen-bond acceptors (Lipinski definition) is 2. The van der Waals surface area contributed by atoms with Gasteiger partial charge >= 0.3 is 11.9 Å². The lowest BCUT2D eigenvalue weighted by atomic mass is 10.2. The number of carbonyl (C=O) groups is 2. The summed E-state index contributed by atoms with van der Waals surface area (Å²) in [5.74, 6) is -2.06. The van der Waals surface area contributed by atoms with Crippen molar-refractivity contribution in [1.82, 2.24) is 0 Å². The Morgan fingerprint density at radius 1 is 1.20 bits per heavy atom. The first-order chi connectivity index (χ1) is 6.95. The summed E-state index contributed by atoms with van der Waals surface area (Å²) in [4.78, 5) is 19.7. The van der Waals surface area contributed by atoms with Crippen LogP contribution in [0.1, 0.15) is 17.3 Å². The minimum absolute atomic E-state index is 0.176. The first-order valence-electron chi connectivity index (χ1n) is 4.10. The zero-order valence-corrected chi connectivity index (χ0v) is 8.27. The topological polar surface area (TPSA) is 74.3 Å². The lowest BCUT2D eigenvalue weighted by Crippen LogP contribution is -1.92. The van der Waals surface area contributed by atoms with Gasteiger partial charge in [-0.3, -0.25) is 0 Å². The van der Waals surface area contributed by atoms with E-state index < -0.39 is 11.9 Å². The van der Waals surface area contributed by atoms with Crippen molar-refractivity contribution in [2.75, 3.05) is 0 Å². The Morgan fingerprint density at radius 2 is 1.60 bits per heavy atom. The lowest BCUT2D eigenvalue weighted by Gasteiger charge is -1.85. The molecule has 1 aromatic carbocycles. The summed E-state index contributed by atoms with van der Waals surface area (Å²) in [6, 6.07) is 8.06. The van der Waals surface area contributed by atoms with Crippen molar-refractivity contribution >= 4 is 11.9 Å². The molecule has 4 heteroatoms. The van der Waals surface area contributed by atoms with Crippen molar-refractivity contribution in [2.24, 2.45) is 0 Å². The van der Waals surface area contributed by atoms with Gasteiger partial charge in [-0.1, -0.05) is 24.8 Å². The molecular formula is C11H11O4. The molecule has 15 heavy (non-hydrogen) atoms. The monoisotopic (exact) mass is 207 g/mol. The van der Waals surface area contributed by atoms with E-state index in [1.54, 1.807) is 18.2 Å². The zero-order chi connectivity index (χ0) is 11.8. The summed E-state index contributed by atoms with van der Waals surface area (Å²) < 4.78 is 0. The van der Waals surface area contributed by atoms with Crippen molar-refractivity contribution < 1.29 is 19.8 Å². The molecule has 0 aliphatic heterocycles. The molecule has 0 aliphatic carbocycles. The summed E-state index contributed by atoms with van der Waals surface area (Å²) in [5.41, 5.74) is 0.396. The molecule has 0 saturated carbocycles. The van der Waals surface area contributed by atoms with Crippen molar-refractivity contribution in [2.45, 2.75) is 6.92 Å². The van der Waals surface area contributed by atoms with Gasteiger partial charge in [0.25, 0.3) is 0 Å². The van der Waals surface area contributed by atoms with E-state index in [0.717, 1.165) is 0 Å². The van der Waals surface area contributed by atoms with Gasteiger partial charge in [-0.15, -0.1) is 0 Å². The maximum atomic E-state index is 10.1. The number of rotatable bonds is 2. The predicted molar refractivity (Wildman–Crippen MR) is 53.9 cm³/mol. The van der Waals surface area contributed by atoms with Crippen LogP contribution in [0.25, 0.3) is 0 Å². The average Bonchev–Trinajstić information content (AvgIpc) is 2.20. The van der Waals surface area contributed by atoms with Crippen LogP contribution in [0.2, 0.25) is 0 Å². The minimum Gasteiger partial charge on any atom is -0.478 e. The predicted octanol–water partition coefficient (Wildman–Crippen LogP) is 1.90. The third-order valence-corrected chi connectivity index (χ3v) is 1.37. The average molecular weight is 207 g/mol. The van der Waals surface area contributed by atoms with Crippen LogP contribution in [0.4, 0.5) is 0 Å². The highest BCUT2D eigenvalue weighted by Crippen LogP contribution is 1.96. The minimum atomic E-state index is -1.13. The summed E-state index contributed by atoms with van der Waals surface area (Å²) in [6.07, 6.45) is 0. The molecule has 0 heterocycles. The molecule has 0 amide bonds. The van der Waals surface area contributed by atoms with E-state index in [1.807, 2.05) is 0 Å². The third kappa shape index (κ3) is 6.04. The lowest BCUT2D eigenvalue weighted by molar-refractivity contribution is -0.132. The molecule has 0 spiro atoms. The second-order valence-corrected chi connectivity index (χ2v) is 2.74. The third-order valence-electron chi connectivity index (χ3n) is 1.37. The fourth-order valence-corrected chi connectivity index (χ4v) is 0.574. The van der Waals surface area contributed by atoms with E-state index in [4.69, 9.17) is 5.11 Å². The van der Waals surface area contributed by atoms with Gasteiger partial charge in [0, 0.05) is 5.57 Å². The zero-order valence-electron chi connectivity index (χ0n) is 8.27. The maximum absolute atomic E-state index is 10.1. The van der Waals surface area contributed by atoms with E-state index >= 15 is 0 Å². The van der Waals surface area contributed by atoms with Crippen LogP contribution >= 0.6 is 0 Å². The number of benzene rings is 1. The molecule has 1 aromatic rings. The Morgan fingerprint density at radius 3 is 1.80 bits per heavy atom. The van der Waals surface area contributed by atoms with Gasteiger partial charge in [0.05, 0.1) is 5.56 Å². The van der Waals surface area contributed by atoms with Crippen LogP contribution in [0.15, 0.2) is 42.5 Å². The molecule has 0 bridgehead atoms. The van der Waals surface area contributed by atoms with E-state index in [0.29, 0.717) is 0 Å². The van der Waals surface area contributed by atoms with Crippen molar-refractivity contribution in [3.63, 3.8) is 0 Å². The molecular weight excluding hydrogens is 196 g/mol. The summed E-state index contributed by atoms with van der Waals surface area (Å²) in [5, 5.41) is 18.0. The van der Waals surface area contributed by atoms with Crippen LogP contribution in [0.5, 0.6) is 0 Å². The second kappa shape index (κ2) is 6.37. The van der Waals surface area contributed by atoms with Crippen molar-refractivity contribution in [1.29, 1.82) is 0 Å². The van der Waals surface area contributed by atoms with Gasteiger partial charge in [-0.05, 0) is 19.1 Å². The van der Waals surface area contributed by atoms with Crippen LogP contribution < -0.4 is 0 Å². The number of carboxylic acid groups (broad SMARTS) is 1. The van der Waals surface area contributed by atoms with Gasteiger partial charge in [0.1, 0.15) is 0 Å². The highest BCUT2D eigenvalue weighted by Gasteiger charge is 1.99. The number of carboxylic acids is 1. The molecule has 0 saturated heterocycles. The molecule has 1 radical (unpaired) electrons. The van der Waals surface area contributed by atoms with Crippen molar-refractivity contribution in [3.05, 3.63) is 48.0 Å². The first-order valence-corrected chi connectivity index (χ1v) is 4.10. The van der Waals surface area contributed by atoms with E-state index in [9.17, 15) is 14.7 Å². The normalized spacial score (nSPS) is 8.33. The van der Waals surface area contributed by atoms with Gasteiger partial charge in [0.15, 0.2) is 0 Å². The van der Waals surface area contributed by atoms with Crippen LogP contribution in [0, 0.1) is 0 Å². The summed E-state index contributed by atoms with van der Waals surface area (Å²) >= 11 is 0. The number of hydrogen-bond donors (Lipinski definition) is 1. The SMILES string of the molecule is C=C(C)C(=O)O.[O]C(=O)c1ccccc1. The molecule has 4 nitrogen and oxygen atoms in total.